The lowest BCUT2D eigenvalue weighted by molar-refractivity contribution is -0.113. The van der Waals surface area contributed by atoms with Crippen molar-refractivity contribution in [1.82, 2.24) is 14.8 Å². The molecule has 184 valence electrons. The van der Waals surface area contributed by atoms with E-state index >= 15 is 0 Å². The molecule has 9 heteroatoms. The zero-order valence-electron chi connectivity index (χ0n) is 20.5. The monoisotopic (exact) mass is 509 g/mol. The van der Waals surface area contributed by atoms with Crippen molar-refractivity contribution in [2.75, 3.05) is 17.7 Å². The van der Waals surface area contributed by atoms with Gasteiger partial charge in [0.2, 0.25) is 5.91 Å². The Kier molecular flexibility index (Phi) is 8.47. The van der Waals surface area contributed by atoms with Crippen molar-refractivity contribution in [3.8, 4) is 23.2 Å². The Balaban J connectivity index is 1.37. The Labute approximate surface area is 214 Å². The van der Waals surface area contributed by atoms with Crippen molar-refractivity contribution in [1.29, 1.82) is 5.26 Å². The molecule has 0 radical (unpaired) electrons. The van der Waals surface area contributed by atoms with E-state index in [1.54, 1.807) is 11.3 Å². The van der Waals surface area contributed by atoms with Gasteiger partial charge in [0.15, 0.2) is 11.0 Å². The van der Waals surface area contributed by atoms with E-state index in [1.165, 1.54) is 16.6 Å². The lowest BCUT2D eigenvalue weighted by atomic mass is 9.86. The number of nitrogens with zero attached hydrogens (tertiary/aromatic N) is 4. The van der Waals surface area contributed by atoms with Gasteiger partial charge in [0.25, 0.3) is 0 Å². The number of hydrogen-bond acceptors (Lipinski definition) is 7. The molecule has 3 aromatic rings. The minimum Gasteiger partial charge on any atom is -0.494 e. The van der Waals surface area contributed by atoms with E-state index in [4.69, 9.17) is 4.74 Å². The van der Waals surface area contributed by atoms with Crippen LogP contribution in [0.25, 0.3) is 11.4 Å². The molecule has 35 heavy (non-hydrogen) atoms. The predicted octanol–water partition coefficient (Wildman–Crippen LogP) is 5.84. The highest BCUT2D eigenvalue weighted by atomic mass is 32.2. The maximum Gasteiger partial charge on any atom is 0.235 e. The van der Waals surface area contributed by atoms with E-state index in [2.05, 4.69) is 35.4 Å². The molecule has 1 atom stereocenters. The summed E-state index contributed by atoms with van der Waals surface area (Å²) in [7, 11) is 1.90. The summed E-state index contributed by atoms with van der Waals surface area (Å²) in [4.78, 5) is 14.0. The summed E-state index contributed by atoms with van der Waals surface area (Å²) >= 11 is 2.89. The number of aromatic nitrogens is 3. The average molecular weight is 510 g/mol. The number of amides is 1. The third-order valence-electron chi connectivity index (χ3n) is 6.36. The highest BCUT2D eigenvalue weighted by Gasteiger charge is 2.26. The predicted molar refractivity (Wildman–Crippen MR) is 141 cm³/mol. The third-order valence-corrected chi connectivity index (χ3v) is 8.55. The summed E-state index contributed by atoms with van der Waals surface area (Å²) in [5.74, 6) is 2.29. The van der Waals surface area contributed by atoms with E-state index < -0.39 is 0 Å². The van der Waals surface area contributed by atoms with Gasteiger partial charge in [0.1, 0.15) is 16.8 Å². The minimum atomic E-state index is -0.143. The summed E-state index contributed by atoms with van der Waals surface area (Å²) < 4.78 is 7.62. The Morgan fingerprint density at radius 2 is 2.11 bits per heavy atom. The largest absolute Gasteiger partial charge is 0.494 e. The number of benzene rings is 1. The summed E-state index contributed by atoms with van der Waals surface area (Å²) in [5, 5.41) is 22.6. The second-order valence-corrected chi connectivity index (χ2v) is 10.8. The first-order valence-corrected chi connectivity index (χ1v) is 13.9. The normalized spacial score (nSPS) is 14.9. The van der Waals surface area contributed by atoms with E-state index in [0.29, 0.717) is 28.2 Å². The van der Waals surface area contributed by atoms with Gasteiger partial charge in [-0.25, -0.2) is 0 Å². The molecular formula is C26H31N5O2S2. The molecule has 1 aromatic carbocycles. The van der Waals surface area contributed by atoms with Crippen LogP contribution in [0.3, 0.4) is 0 Å². The van der Waals surface area contributed by atoms with Gasteiger partial charge in [-0.05, 0) is 61.4 Å². The molecule has 1 aliphatic rings. The maximum atomic E-state index is 12.7. The zero-order chi connectivity index (χ0) is 24.8. The van der Waals surface area contributed by atoms with E-state index in [9.17, 15) is 10.1 Å². The maximum absolute atomic E-state index is 12.7. The van der Waals surface area contributed by atoms with Crippen molar-refractivity contribution in [2.24, 2.45) is 13.0 Å². The molecule has 0 fully saturated rings. The molecule has 0 saturated heterocycles. The first-order valence-electron chi connectivity index (χ1n) is 12.1. The molecule has 0 bridgehead atoms. The van der Waals surface area contributed by atoms with Crippen molar-refractivity contribution in [3.63, 3.8) is 0 Å². The second kappa shape index (κ2) is 11.7. The molecule has 7 nitrogen and oxygen atoms in total. The van der Waals surface area contributed by atoms with Crippen LogP contribution in [0.4, 0.5) is 5.00 Å². The lowest BCUT2D eigenvalue weighted by Crippen LogP contribution is -2.14. The molecule has 1 amide bonds. The van der Waals surface area contributed by atoms with Gasteiger partial charge in [-0.3, -0.25) is 4.79 Å². The van der Waals surface area contributed by atoms with Gasteiger partial charge in [0, 0.05) is 17.5 Å². The SMILES string of the molecule is CCCCOc1ccc(-c2nnc(SCC(=O)Nc3sc4c(c3C#N)CCC(CC)C4)n2C)cc1. The van der Waals surface area contributed by atoms with Crippen LogP contribution in [0.2, 0.25) is 0 Å². The Bertz CT molecular complexity index is 1210. The summed E-state index contributed by atoms with van der Waals surface area (Å²) in [6.45, 7) is 5.07. The van der Waals surface area contributed by atoms with Crippen LogP contribution in [0.1, 0.15) is 55.5 Å². The molecule has 1 unspecified atom stereocenters. The topological polar surface area (TPSA) is 92.8 Å². The number of nitrogens with one attached hydrogen (secondary N) is 1. The fourth-order valence-electron chi connectivity index (χ4n) is 4.23. The second-order valence-electron chi connectivity index (χ2n) is 8.77. The fourth-order valence-corrected chi connectivity index (χ4v) is 6.27. The van der Waals surface area contributed by atoms with E-state index in [0.717, 1.165) is 61.2 Å². The number of ether oxygens (including phenoxy) is 1. The number of carbonyl (C=O) groups excluding carboxylic acids is 1. The van der Waals surface area contributed by atoms with Gasteiger partial charge >= 0.3 is 0 Å². The number of carbonyl (C=O) groups is 1. The zero-order valence-corrected chi connectivity index (χ0v) is 22.1. The van der Waals surface area contributed by atoms with Gasteiger partial charge in [-0.1, -0.05) is 38.5 Å². The summed E-state index contributed by atoms with van der Waals surface area (Å²) in [6, 6.07) is 10.1. The smallest absolute Gasteiger partial charge is 0.235 e. The number of anilines is 1. The molecule has 0 spiro atoms. The van der Waals surface area contributed by atoms with Crippen LogP contribution in [0, 0.1) is 17.2 Å². The standard InChI is InChI=1S/C26H31N5O2S2/c1-4-6-13-33-19-10-8-18(9-11-19)24-29-30-26(31(24)3)34-16-23(32)28-25-21(15-27)20-12-7-17(5-2)14-22(20)35-25/h8-11,17H,4-7,12-14,16H2,1-3H3,(H,28,32). The highest BCUT2D eigenvalue weighted by Crippen LogP contribution is 2.40. The molecule has 0 aliphatic heterocycles. The van der Waals surface area contributed by atoms with Crippen LogP contribution in [-0.2, 0) is 24.7 Å². The van der Waals surface area contributed by atoms with Crippen molar-refractivity contribution in [2.45, 2.75) is 57.5 Å². The highest BCUT2D eigenvalue weighted by molar-refractivity contribution is 7.99. The van der Waals surface area contributed by atoms with Crippen molar-refractivity contribution in [3.05, 3.63) is 40.3 Å². The van der Waals surface area contributed by atoms with Crippen molar-refractivity contribution >= 4 is 34.0 Å². The third kappa shape index (κ3) is 5.88. The van der Waals surface area contributed by atoms with Gasteiger partial charge < -0.3 is 14.6 Å². The van der Waals surface area contributed by atoms with Crippen LogP contribution in [0.5, 0.6) is 5.75 Å². The lowest BCUT2D eigenvalue weighted by Gasteiger charge is -2.20. The molecule has 4 rings (SSSR count). The first kappa shape index (κ1) is 25.3. The molecule has 1 N–H and O–H groups in total. The number of fused-ring (bicyclic) bond motifs is 1. The van der Waals surface area contributed by atoms with Crippen molar-refractivity contribution < 1.29 is 9.53 Å². The number of nitriles is 1. The summed E-state index contributed by atoms with van der Waals surface area (Å²) in [6.07, 6.45) is 6.32. The minimum absolute atomic E-state index is 0.143. The number of hydrogen-bond donors (Lipinski definition) is 1. The van der Waals surface area contributed by atoms with Crippen LogP contribution in [-0.4, -0.2) is 33.0 Å². The number of rotatable bonds is 10. The molecule has 2 aromatic heterocycles. The Hall–Kier alpha value is -2.83. The number of unbranched alkanes of at least 4 members (excludes halogenated alkanes) is 1. The Morgan fingerprint density at radius 3 is 2.83 bits per heavy atom. The van der Waals surface area contributed by atoms with Crippen LogP contribution < -0.4 is 10.1 Å². The molecular weight excluding hydrogens is 478 g/mol. The van der Waals surface area contributed by atoms with Gasteiger partial charge in [0.05, 0.1) is 17.9 Å². The van der Waals surface area contributed by atoms with E-state index in [-0.39, 0.29) is 11.7 Å². The quantitative estimate of drug-likeness (QED) is 0.273. The van der Waals surface area contributed by atoms with Crippen LogP contribution >= 0.6 is 23.1 Å². The number of thiophene rings is 1. The fraction of sp³-hybridized carbons (Fsp3) is 0.462. The molecule has 1 aliphatic carbocycles. The van der Waals surface area contributed by atoms with E-state index in [1.807, 2.05) is 35.9 Å². The first-order chi connectivity index (χ1) is 17.0. The Morgan fingerprint density at radius 1 is 1.31 bits per heavy atom. The van der Waals surface area contributed by atoms with Gasteiger partial charge in [-0.2, -0.15) is 5.26 Å². The van der Waals surface area contributed by atoms with Crippen LogP contribution in [0.15, 0.2) is 29.4 Å². The summed E-state index contributed by atoms with van der Waals surface area (Å²) in [5.41, 5.74) is 2.71. The average Bonchev–Trinajstić information content (AvgIpc) is 3.41. The number of thioether (sulfide) groups is 1. The molecule has 0 saturated carbocycles. The molecule has 2 heterocycles. The van der Waals surface area contributed by atoms with Gasteiger partial charge in [-0.15, -0.1) is 21.5 Å².